The molecule has 2 atom stereocenters. The molecule has 0 bridgehead atoms. The molecule has 1 unspecified atom stereocenters. The number of anilines is 1. The van der Waals surface area contributed by atoms with Crippen LogP contribution >= 0.6 is 0 Å². The van der Waals surface area contributed by atoms with Crippen molar-refractivity contribution in [3.8, 4) is 22.6 Å². The standard InChI is InChI=1S/C32H38FN7O4/c1-32(2,3)44-31(41)39-14-8-9-22(19-39)36-30-27(33)28(37-29(38-30)24-18-35-40-15-6-4-10-25(24)40)21-12-13-23(34-17-21)20-43-26-11-5-7-16-42-26/h4,6,10,12-13,15,17-18,22,26H,5,7-9,11,14,16,19-20H2,1-3H3,(H,36,37,38)/t22-,26?/m1/s1. The van der Waals surface area contributed by atoms with Gasteiger partial charge in [0.05, 0.1) is 29.6 Å². The maximum atomic E-state index is 16.2. The van der Waals surface area contributed by atoms with Crippen molar-refractivity contribution in [2.75, 3.05) is 25.0 Å². The van der Waals surface area contributed by atoms with E-state index >= 15 is 4.39 Å². The first-order valence-electron chi connectivity index (χ1n) is 15.2. The first kappa shape index (κ1) is 29.9. The molecule has 0 spiro atoms. The molecule has 0 radical (unpaired) electrons. The van der Waals surface area contributed by atoms with E-state index in [9.17, 15) is 4.79 Å². The van der Waals surface area contributed by atoms with E-state index in [2.05, 4.69) is 25.4 Å². The first-order chi connectivity index (χ1) is 21.2. The second-order valence-electron chi connectivity index (χ2n) is 12.2. The van der Waals surface area contributed by atoms with Crippen LogP contribution in [0.25, 0.3) is 28.2 Å². The summed E-state index contributed by atoms with van der Waals surface area (Å²) in [7, 11) is 0. The SMILES string of the molecule is CC(C)(C)OC(=O)N1CCC[C@@H](Nc2nc(-c3cnn4ccccc34)nc(-c3ccc(COC4CCCCO4)nc3)c2F)C1. The normalized spacial score (nSPS) is 19.2. The molecule has 11 nitrogen and oxygen atoms in total. The molecule has 6 rings (SSSR count). The molecule has 4 aromatic heterocycles. The number of amides is 1. The van der Waals surface area contributed by atoms with Crippen molar-refractivity contribution in [2.45, 2.75) is 77.4 Å². The Kier molecular flexibility index (Phi) is 8.72. The number of pyridine rings is 2. The van der Waals surface area contributed by atoms with Crippen molar-refractivity contribution in [1.82, 2.24) is 29.5 Å². The monoisotopic (exact) mass is 603 g/mol. The van der Waals surface area contributed by atoms with Gasteiger partial charge in [-0.2, -0.15) is 5.10 Å². The van der Waals surface area contributed by atoms with Crippen LogP contribution in [0.5, 0.6) is 0 Å². The highest BCUT2D eigenvalue weighted by Crippen LogP contribution is 2.31. The minimum atomic E-state index is -0.603. The number of fused-ring (bicyclic) bond motifs is 1. The summed E-state index contributed by atoms with van der Waals surface area (Å²) < 4.78 is 35.0. The van der Waals surface area contributed by atoms with Crippen LogP contribution in [0.1, 0.15) is 58.6 Å². The van der Waals surface area contributed by atoms with Crippen LogP contribution in [0.2, 0.25) is 0 Å². The molecule has 1 N–H and O–H groups in total. The third kappa shape index (κ3) is 6.97. The Morgan fingerprint density at radius 2 is 2.00 bits per heavy atom. The summed E-state index contributed by atoms with van der Waals surface area (Å²) >= 11 is 0. The highest BCUT2D eigenvalue weighted by atomic mass is 19.1. The van der Waals surface area contributed by atoms with Crippen molar-refractivity contribution < 1.29 is 23.4 Å². The van der Waals surface area contributed by atoms with Crippen molar-refractivity contribution in [2.24, 2.45) is 0 Å². The number of halogens is 1. The molecule has 2 aliphatic rings. The second kappa shape index (κ2) is 12.8. The number of ether oxygens (including phenoxy) is 3. The number of carbonyl (C=O) groups is 1. The predicted molar refractivity (Wildman–Crippen MR) is 162 cm³/mol. The molecule has 4 aromatic rings. The van der Waals surface area contributed by atoms with Crippen LogP contribution in [0.4, 0.5) is 15.0 Å². The van der Waals surface area contributed by atoms with E-state index in [1.54, 1.807) is 27.9 Å². The molecule has 0 aliphatic carbocycles. The van der Waals surface area contributed by atoms with Gasteiger partial charge in [-0.1, -0.05) is 6.07 Å². The van der Waals surface area contributed by atoms with E-state index in [-0.39, 0.29) is 29.9 Å². The highest BCUT2D eigenvalue weighted by molar-refractivity contribution is 5.78. The van der Waals surface area contributed by atoms with Gasteiger partial charge in [0.1, 0.15) is 11.3 Å². The lowest BCUT2D eigenvalue weighted by Gasteiger charge is -2.34. The summed E-state index contributed by atoms with van der Waals surface area (Å²) in [6.07, 6.45) is 8.97. The number of rotatable bonds is 7. The summed E-state index contributed by atoms with van der Waals surface area (Å²) in [5.74, 6) is -0.217. The van der Waals surface area contributed by atoms with Crippen LogP contribution < -0.4 is 5.32 Å². The maximum absolute atomic E-state index is 16.2. The Morgan fingerprint density at radius 1 is 1.11 bits per heavy atom. The van der Waals surface area contributed by atoms with Gasteiger partial charge in [-0.25, -0.2) is 23.7 Å². The Morgan fingerprint density at radius 3 is 2.77 bits per heavy atom. The molecular formula is C32H38FN7O4. The van der Waals surface area contributed by atoms with Crippen molar-refractivity contribution >= 4 is 17.4 Å². The Labute approximate surface area is 255 Å². The number of carbonyl (C=O) groups excluding carboxylic acids is 1. The maximum Gasteiger partial charge on any atom is 0.410 e. The van der Waals surface area contributed by atoms with Gasteiger partial charge >= 0.3 is 6.09 Å². The number of nitrogens with zero attached hydrogens (tertiary/aromatic N) is 6. The summed E-state index contributed by atoms with van der Waals surface area (Å²) in [4.78, 5) is 28.2. The summed E-state index contributed by atoms with van der Waals surface area (Å²) in [6.45, 7) is 7.45. The number of likely N-dealkylation sites (tertiary alicyclic amines) is 1. The van der Waals surface area contributed by atoms with Crippen molar-refractivity contribution in [3.63, 3.8) is 0 Å². The largest absolute Gasteiger partial charge is 0.444 e. The van der Waals surface area contributed by atoms with E-state index in [1.165, 1.54) is 0 Å². The Bertz CT molecular complexity index is 1600. The van der Waals surface area contributed by atoms with Crippen molar-refractivity contribution in [1.29, 1.82) is 0 Å². The van der Waals surface area contributed by atoms with Gasteiger partial charge in [0.25, 0.3) is 0 Å². The van der Waals surface area contributed by atoms with Gasteiger partial charge in [-0.3, -0.25) is 4.98 Å². The molecule has 232 valence electrons. The summed E-state index contributed by atoms with van der Waals surface area (Å²) in [5.41, 5.74) is 2.18. The van der Waals surface area contributed by atoms with Crippen LogP contribution in [0.15, 0.2) is 48.9 Å². The topological polar surface area (TPSA) is 116 Å². The molecule has 2 fully saturated rings. The molecule has 0 aromatic carbocycles. The fraction of sp³-hybridized carbons (Fsp3) is 0.469. The average Bonchev–Trinajstić information content (AvgIpc) is 3.46. The average molecular weight is 604 g/mol. The quantitative estimate of drug-likeness (QED) is 0.278. The number of nitrogens with one attached hydrogen (secondary N) is 1. The molecular weight excluding hydrogens is 565 g/mol. The third-order valence-electron chi connectivity index (χ3n) is 7.59. The molecule has 44 heavy (non-hydrogen) atoms. The van der Waals surface area contributed by atoms with Gasteiger partial charge in [0.2, 0.25) is 0 Å². The summed E-state index contributed by atoms with van der Waals surface area (Å²) in [5, 5.41) is 7.69. The van der Waals surface area contributed by atoms with Crippen LogP contribution in [-0.2, 0) is 20.8 Å². The highest BCUT2D eigenvalue weighted by Gasteiger charge is 2.29. The van der Waals surface area contributed by atoms with Gasteiger partial charge in [0.15, 0.2) is 23.7 Å². The first-order valence-corrected chi connectivity index (χ1v) is 15.2. The number of hydrogen-bond donors (Lipinski definition) is 1. The van der Waals surface area contributed by atoms with Gasteiger partial charge in [0, 0.05) is 43.7 Å². The van der Waals surface area contributed by atoms with Gasteiger partial charge < -0.3 is 24.4 Å². The molecule has 2 saturated heterocycles. The number of hydrogen-bond acceptors (Lipinski definition) is 9. The lowest BCUT2D eigenvalue weighted by atomic mass is 10.1. The lowest BCUT2D eigenvalue weighted by molar-refractivity contribution is -0.169. The third-order valence-corrected chi connectivity index (χ3v) is 7.59. The number of piperidine rings is 1. The zero-order valence-corrected chi connectivity index (χ0v) is 25.3. The molecule has 1 amide bonds. The molecule has 0 saturated carbocycles. The van der Waals surface area contributed by atoms with Gasteiger partial charge in [-0.15, -0.1) is 0 Å². The van der Waals surface area contributed by atoms with E-state index in [1.807, 2.05) is 51.2 Å². The fourth-order valence-electron chi connectivity index (χ4n) is 5.41. The fourth-order valence-corrected chi connectivity index (χ4v) is 5.41. The molecule has 12 heteroatoms. The zero-order chi connectivity index (χ0) is 30.7. The Hall–Kier alpha value is -4.16. The van der Waals surface area contributed by atoms with E-state index in [4.69, 9.17) is 14.2 Å². The predicted octanol–water partition coefficient (Wildman–Crippen LogP) is 5.85. The van der Waals surface area contributed by atoms with E-state index in [0.29, 0.717) is 48.9 Å². The summed E-state index contributed by atoms with van der Waals surface area (Å²) in [6, 6.07) is 9.05. The Balaban J connectivity index is 1.28. The number of aromatic nitrogens is 5. The van der Waals surface area contributed by atoms with Crippen LogP contribution in [0, 0.1) is 5.82 Å². The smallest absolute Gasteiger partial charge is 0.410 e. The van der Waals surface area contributed by atoms with E-state index in [0.717, 1.165) is 37.6 Å². The van der Waals surface area contributed by atoms with E-state index < -0.39 is 11.4 Å². The van der Waals surface area contributed by atoms with Crippen LogP contribution in [0.3, 0.4) is 0 Å². The van der Waals surface area contributed by atoms with Crippen LogP contribution in [-0.4, -0.2) is 73.2 Å². The molecule has 6 heterocycles. The minimum Gasteiger partial charge on any atom is -0.444 e. The second-order valence-corrected chi connectivity index (χ2v) is 12.2. The zero-order valence-electron chi connectivity index (χ0n) is 25.3. The lowest BCUT2D eigenvalue weighted by Crippen LogP contribution is -2.47. The molecule has 2 aliphatic heterocycles. The minimum absolute atomic E-state index is 0.0539. The van der Waals surface area contributed by atoms with Crippen molar-refractivity contribution in [3.05, 3.63) is 60.4 Å². The van der Waals surface area contributed by atoms with Gasteiger partial charge in [-0.05, 0) is 77.1 Å².